The molecular weight excluding hydrogens is 463 g/mol. The molecule has 0 aliphatic carbocycles. The zero-order chi connectivity index (χ0) is 21.8. The molecule has 5 heterocycles. The molecular formula is C23H24Cl2N6O2. The van der Waals surface area contributed by atoms with E-state index in [4.69, 9.17) is 31.3 Å². The van der Waals surface area contributed by atoms with Crippen LogP contribution in [0.25, 0.3) is 22.6 Å². The molecule has 2 fully saturated rings. The van der Waals surface area contributed by atoms with E-state index in [1.54, 1.807) is 0 Å². The molecule has 1 aromatic carbocycles. The Morgan fingerprint density at radius 1 is 1.15 bits per heavy atom. The van der Waals surface area contributed by atoms with E-state index in [0.29, 0.717) is 50.1 Å². The maximum absolute atomic E-state index is 12.1. The van der Waals surface area contributed by atoms with Gasteiger partial charge in [0.15, 0.2) is 17.0 Å². The molecule has 0 bridgehead atoms. The molecule has 6 rings (SSSR count). The number of amides is 1. The van der Waals surface area contributed by atoms with Crippen LogP contribution >= 0.6 is 24.0 Å². The number of imidazole rings is 1. The summed E-state index contributed by atoms with van der Waals surface area (Å²) in [5.74, 6) is 2.46. The fourth-order valence-corrected chi connectivity index (χ4v) is 5.09. The highest BCUT2D eigenvalue weighted by Gasteiger charge is 2.33. The number of hydrogen-bond donors (Lipinski definition) is 0. The van der Waals surface area contributed by atoms with E-state index in [9.17, 15) is 4.79 Å². The number of nitrogens with zero attached hydrogens (tertiary/aromatic N) is 6. The average molecular weight is 487 g/mol. The van der Waals surface area contributed by atoms with Gasteiger partial charge in [-0.3, -0.25) is 4.79 Å². The van der Waals surface area contributed by atoms with Crippen LogP contribution < -0.4 is 4.90 Å². The smallest absolute Gasteiger partial charge is 0.230 e. The first-order valence-electron chi connectivity index (χ1n) is 10.9. The van der Waals surface area contributed by atoms with Gasteiger partial charge in [0.1, 0.15) is 11.6 Å². The van der Waals surface area contributed by atoms with Crippen molar-refractivity contribution in [3.05, 3.63) is 46.9 Å². The fraction of sp³-hybridized carbons (Fsp3) is 0.391. The number of carbonyl (C=O) groups is 1. The third-order valence-electron chi connectivity index (χ3n) is 6.42. The number of carbonyl (C=O) groups excluding carboxylic acids is 1. The quantitative estimate of drug-likeness (QED) is 0.560. The Bertz CT molecular complexity index is 1270. The summed E-state index contributed by atoms with van der Waals surface area (Å²) < 4.78 is 7.88. The number of ether oxygens (including phenoxy) is 1. The maximum atomic E-state index is 12.1. The lowest BCUT2D eigenvalue weighted by Crippen LogP contribution is -2.45. The summed E-state index contributed by atoms with van der Waals surface area (Å²) in [6, 6.07) is 7.90. The summed E-state index contributed by atoms with van der Waals surface area (Å²) in [6.45, 7) is 5.24. The minimum absolute atomic E-state index is 0. The van der Waals surface area contributed by atoms with Crippen molar-refractivity contribution in [2.24, 2.45) is 0 Å². The van der Waals surface area contributed by atoms with Gasteiger partial charge in [0.2, 0.25) is 5.91 Å². The highest BCUT2D eigenvalue weighted by atomic mass is 35.5. The molecule has 172 valence electrons. The van der Waals surface area contributed by atoms with Gasteiger partial charge in [-0.25, -0.2) is 15.0 Å². The van der Waals surface area contributed by atoms with Crippen molar-refractivity contribution in [1.29, 1.82) is 0 Å². The highest BCUT2D eigenvalue weighted by molar-refractivity contribution is 6.33. The Hall–Kier alpha value is -2.68. The molecule has 1 atom stereocenters. The number of fused-ring (bicyclic) bond motifs is 2. The molecule has 3 aliphatic rings. The molecule has 8 nitrogen and oxygen atoms in total. The number of anilines is 1. The predicted molar refractivity (Wildman–Crippen MR) is 129 cm³/mol. The number of piperazine rings is 1. The lowest BCUT2D eigenvalue weighted by atomic mass is 10.2. The summed E-state index contributed by atoms with van der Waals surface area (Å²) in [5, 5.41) is 0.650. The molecule has 3 aromatic rings. The molecule has 2 aromatic heterocycles. The van der Waals surface area contributed by atoms with Gasteiger partial charge in [0.25, 0.3) is 0 Å². The number of halogens is 2. The second-order valence-electron chi connectivity index (χ2n) is 8.44. The first-order valence-corrected chi connectivity index (χ1v) is 11.3. The Balaban J connectivity index is 0.00000228. The van der Waals surface area contributed by atoms with Crippen molar-refractivity contribution < 1.29 is 9.53 Å². The van der Waals surface area contributed by atoms with Crippen molar-refractivity contribution in [1.82, 2.24) is 24.4 Å². The lowest BCUT2D eigenvalue weighted by Gasteiger charge is -2.35. The van der Waals surface area contributed by atoms with Crippen LogP contribution in [0.2, 0.25) is 5.02 Å². The van der Waals surface area contributed by atoms with Crippen LogP contribution in [-0.4, -0.2) is 63.2 Å². The van der Waals surface area contributed by atoms with E-state index < -0.39 is 0 Å². The van der Waals surface area contributed by atoms with Crippen molar-refractivity contribution in [3.8, 4) is 11.4 Å². The molecule has 1 unspecified atom stereocenters. The normalized spacial score (nSPS) is 20.2. The van der Waals surface area contributed by atoms with Crippen molar-refractivity contribution in [3.63, 3.8) is 0 Å². The SMILES string of the molecule is Cc1nc(N2CCN3C(=O)CC=C3C2)c2nc(-c3ccccc3Cl)n(C3CCOC3)c2n1.Cl. The maximum Gasteiger partial charge on any atom is 0.230 e. The number of aromatic nitrogens is 4. The topological polar surface area (TPSA) is 76.4 Å². The molecule has 3 aliphatic heterocycles. The Morgan fingerprint density at radius 3 is 2.79 bits per heavy atom. The van der Waals surface area contributed by atoms with Gasteiger partial charge in [-0.1, -0.05) is 29.8 Å². The highest BCUT2D eigenvalue weighted by Crippen LogP contribution is 2.37. The summed E-state index contributed by atoms with van der Waals surface area (Å²) in [6.07, 6.45) is 3.40. The molecule has 0 radical (unpaired) electrons. The van der Waals surface area contributed by atoms with Crippen LogP contribution in [0.1, 0.15) is 24.7 Å². The summed E-state index contributed by atoms with van der Waals surface area (Å²) >= 11 is 6.58. The predicted octanol–water partition coefficient (Wildman–Crippen LogP) is 3.77. The Morgan fingerprint density at radius 2 is 2.00 bits per heavy atom. The van der Waals surface area contributed by atoms with Crippen molar-refractivity contribution >= 4 is 46.9 Å². The van der Waals surface area contributed by atoms with Crippen molar-refractivity contribution in [2.75, 3.05) is 37.7 Å². The molecule has 10 heteroatoms. The summed E-state index contributed by atoms with van der Waals surface area (Å²) in [4.78, 5) is 30.9. The molecule has 0 N–H and O–H groups in total. The van der Waals surface area contributed by atoms with Crippen LogP contribution in [0.3, 0.4) is 0 Å². The fourth-order valence-electron chi connectivity index (χ4n) is 4.87. The zero-order valence-corrected chi connectivity index (χ0v) is 19.8. The van der Waals surface area contributed by atoms with Gasteiger partial charge in [-0.15, -0.1) is 12.4 Å². The number of aryl methyl sites for hydroxylation is 1. The third-order valence-corrected chi connectivity index (χ3v) is 6.75. The average Bonchev–Trinajstić information content (AvgIpc) is 3.52. The van der Waals surface area contributed by atoms with E-state index in [2.05, 4.69) is 9.47 Å². The lowest BCUT2D eigenvalue weighted by molar-refractivity contribution is -0.127. The molecule has 33 heavy (non-hydrogen) atoms. The zero-order valence-electron chi connectivity index (χ0n) is 18.2. The second-order valence-corrected chi connectivity index (χ2v) is 8.84. The number of rotatable bonds is 3. The largest absolute Gasteiger partial charge is 0.379 e. The van der Waals surface area contributed by atoms with E-state index in [1.807, 2.05) is 42.2 Å². The number of benzene rings is 1. The molecule has 1 amide bonds. The molecule has 2 saturated heterocycles. The summed E-state index contributed by atoms with van der Waals surface area (Å²) in [5.41, 5.74) is 3.48. The number of hydrogen-bond acceptors (Lipinski definition) is 6. The first-order chi connectivity index (χ1) is 15.6. The van der Waals surface area contributed by atoms with Gasteiger partial charge in [-0.05, 0) is 25.5 Å². The van der Waals surface area contributed by atoms with E-state index in [0.717, 1.165) is 40.5 Å². The van der Waals surface area contributed by atoms with Crippen LogP contribution in [0.4, 0.5) is 5.82 Å². The second kappa shape index (κ2) is 8.59. The van der Waals surface area contributed by atoms with E-state index in [1.165, 1.54) is 0 Å². The van der Waals surface area contributed by atoms with Crippen LogP contribution in [0.5, 0.6) is 0 Å². The van der Waals surface area contributed by atoms with Crippen LogP contribution in [0, 0.1) is 6.92 Å². The van der Waals surface area contributed by atoms with Crippen LogP contribution in [-0.2, 0) is 9.53 Å². The van der Waals surface area contributed by atoms with Gasteiger partial charge >= 0.3 is 0 Å². The van der Waals surface area contributed by atoms with Gasteiger partial charge in [-0.2, -0.15) is 0 Å². The summed E-state index contributed by atoms with van der Waals surface area (Å²) in [7, 11) is 0. The van der Waals surface area contributed by atoms with Gasteiger partial charge in [0, 0.05) is 37.4 Å². The minimum Gasteiger partial charge on any atom is -0.379 e. The monoisotopic (exact) mass is 486 g/mol. The van der Waals surface area contributed by atoms with Crippen LogP contribution in [0.15, 0.2) is 36.0 Å². The minimum atomic E-state index is 0. The van der Waals surface area contributed by atoms with E-state index >= 15 is 0 Å². The van der Waals surface area contributed by atoms with Crippen molar-refractivity contribution in [2.45, 2.75) is 25.8 Å². The van der Waals surface area contributed by atoms with E-state index in [-0.39, 0.29) is 24.4 Å². The molecule has 0 spiro atoms. The Labute approximate surface area is 202 Å². The Kier molecular flexibility index (Phi) is 5.76. The van der Waals surface area contributed by atoms with Gasteiger partial charge < -0.3 is 19.1 Å². The first kappa shape index (κ1) is 22.1. The van der Waals surface area contributed by atoms with Gasteiger partial charge in [0.05, 0.1) is 24.2 Å². The standard InChI is InChI=1S/C23H23ClN6O2.ClH/c1-14-25-22(28-9-10-29-15(12-28)6-7-19(29)31)20-23(26-14)30(16-8-11-32-13-16)21(27-20)17-4-2-3-5-18(17)24;/h2-6,16H,7-13H2,1H3;1H. The third kappa shape index (κ3) is 3.66. The molecule has 0 saturated carbocycles.